The number of esters is 1. The summed E-state index contributed by atoms with van der Waals surface area (Å²) >= 11 is 6.75. The van der Waals surface area contributed by atoms with E-state index < -0.39 is 0 Å². The molecule has 7 heteroatoms. The van der Waals surface area contributed by atoms with Gasteiger partial charge >= 0.3 is 5.97 Å². The van der Waals surface area contributed by atoms with Crippen molar-refractivity contribution in [3.05, 3.63) is 41.0 Å². The summed E-state index contributed by atoms with van der Waals surface area (Å²) in [5.74, 6) is -0.375. The molecular weight excluding hydrogens is 306 g/mol. The highest BCUT2D eigenvalue weighted by Gasteiger charge is 2.17. The number of hydrogen-bond donors (Lipinski definition) is 2. The van der Waals surface area contributed by atoms with E-state index in [0.717, 1.165) is 17.0 Å². The molecule has 0 bridgehead atoms. The molecule has 2 aromatic rings. The molecule has 0 saturated carbocycles. The van der Waals surface area contributed by atoms with Crippen LogP contribution in [0.2, 0.25) is 0 Å². The minimum atomic E-state index is -0.375. The minimum absolute atomic E-state index is 0.375. The number of hydrogen-bond acceptors (Lipinski definition) is 5. The van der Waals surface area contributed by atoms with Crippen molar-refractivity contribution in [2.24, 2.45) is 0 Å². The molecule has 0 unspecified atom stereocenters. The Morgan fingerprint density at radius 1 is 1.38 bits per heavy atom. The van der Waals surface area contributed by atoms with Crippen LogP contribution in [-0.2, 0) is 11.2 Å². The van der Waals surface area contributed by atoms with Crippen LogP contribution in [0.25, 0.3) is 0 Å². The lowest BCUT2D eigenvalue weighted by Gasteiger charge is -2.10. The molecule has 2 rings (SSSR count). The zero-order chi connectivity index (χ0) is 15.2. The summed E-state index contributed by atoms with van der Waals surface area (Å²) in [4.78, 5) is 16.8. The quantitative estimate of drug-likeness (QED) is 0.665. The van der Waals surface area contributed by atoms with Crippen molar-refractivity contribution in [2.75, 3.05) is 17.7 Å². The van der Waals surface area contributed by atoms with Crippen LogP contribution < -0.4 is 10.6 Å². The van der Waals surface area contributed by atoms with E-state index in [2.05, 4.69) is 15.6 Å². The van der Waals surface area contributed by atoms with E-state index in [9.17, 15) is 4.79 Å². The lowest BCUT2D eigenvalue weighted by molar-refractivity contribution is 0.0602. The number of pyridine rings is 1. The van der Waals surface area contributed by atoms with Crippen molar-refractivity contribution in [2.45, 2.75) is 13.3 Å². The van der Waals surface area contributed by atoms with E-state index in [1.54, 1.807) is 24.5 Å². The largest absolute Gasteiger partial charge is 0.465 e. The van der Waals surface area contributed by atoms with Gasteiger partial charge in [0.05, 0.1) is 12.7 Å². The molecule has 2 N–H and O–H groups in total. The number of anilines is 2. The molecule has 0 aliphatic carbocycles. The zero-order valence-electron chi connectivity index (χ0n) is 11.7. The molecular formula is C14H15N3O2S2. The maximum absolute atomic E-state index is 11.8. The van der Waals surface area contributed by atoms with Gasteiger partial charge in [-0.1, -0.05) is 6.92 Å². The Balaban J connectivity index is 2.13. The van der Waals surface area contributed by atoms with Crippen LogP contribution in [0.3, 0.4) is 0 Å². The van der Waals surface area contributed by atoms with Gasteiger partial charge in [0.15, 0.2) is 5.11 Å². The van der Waals surface area contributed by atoms with Gasteiger partial charge in [0, 0.05) is 23.0 Å². The normalized spacial score (nSPS) is 10.0. The summed E-state index contributed by atoms with van der Waals surface area (Å²) < 4.78 is 4.79. The van der Waals surface area contributed by atoms with Crippen molar-refractivity contribution in [1.29, 1.82) is 0 Å². The summed E-state index contributed by atoms with van der Waals surface area (Å²) in [7, 11) is 1.36. The maximum Gasteiger partial charge on any atom is 0.340 e. The number of aryl methyl sites for hydroxylation is 1. The first kappa shape index (κ1) is 15.4. The molecule has 5 nitrogen and oxygen atoms in total. The third-order valence-corrected chi connectivity index (χ3v) is 4.10. The zero-order valence-corrected chi connectivity index (χ0v) is 13.3. The number of nitrogens with zero attached hydrogens (tertiary/aromatic N) is 1. The van der Waals surface area contributed by atoms with E-state index in [1.807, 2.05) is 13.0 Å². The first-order valence-electron chi connectivity index (χ1n) is 6.33. The highest BCUT2D eigenvalue weighted by molar-refractivity contribution is 7.80. The van der Waals surface area contributed by atoms with Gasteiger partial charge in [-0.3, -0.25) is 4.98 Å². The Bertz CT molecular complexity index is 641. The second-order valence-electron chi connectivity index (χ2n) is 4.12. The second-order valence-corrected chi connectivity index (χ2v) is 5.66. The molecule has 0 fully saturated rings. The summed E-state index contributed by atoms with van der Waals surface area (Å²) in [5.41, 5.74) is 1.33. The molecule has 0 amide bonds. The molecule has 0 aromatic carbocycles. The van der Waals surface area contributed by atoms with Gasteiger partial charge in [0.1, 0.15) is 5.00 Å². The number of nitrogens with one attached hydrogen (secondary N) is 2. The van der Waals surface area contributed by atoms with Gasteiger partial charge < -0.3 is 15.4 Å². The van der Waals surface area contributed by atoms with Crippen LogP contribution in [0.1, 0.15) is 22.2 Å². The Morgan fingerprint density at radius 3 is 2.71 bits per heavy atom. The van der Waals surface area contributed by atoms with Gasteiger partial charge in [0.25, 0.3) is 0 Å². The average Bonchev–Trinajstić information content (AvgIpc) is 2.90. The Morgan fingerprint density at radius 2 is 2.10 bits per heavy atom. The monoisotopic (exact) mass is 321 g/mol. The molecule has 21 heavy (non-hydrogen) atoms. The van der Waals surface area contributed by atoms with Crippen molar-refractivity contribution in [3.8, 4) is 0 Å². The number of rotatable bonds is 4. The first-order chi connectivity index (χ1) is 10.1. The summed E-state index contributed by atoms with van der Waals surface area (Å²) in [6, 6.07) is 5.44. The maximum atomic E-state index is 11.8. The molecule has 0 aliphatic heterocycles. The molecule has 2 aromatic heterocycles. The number of ether oxygens (including phenoxy) is 1. The van der Waals surface area contributed by atoms with Gasteiger partial charge in [-0.05, 0) is 36.8 Å². The van der Waals surface area contributed by atoms with Crippen molar-refractivity contribution >= 4 is 45.3 Å². The number of thiocarbonyl (C=S) groups is 1. The third kappa shape index (κ3) is 3.99. The van der Waals surface area contributed by atoms with Gasteiger partial charge in [-0.15, -0.1) is 11.3 Å². The van der Waals surface area contributed by atoms with E-state index in [1.165, 1.54) is 18.4 Å². The van der Waals surface area contributed by atoms with Crippen LogP contribution >= 0.6 is 23.6 Å². The summed E-state index contributed by atoms with van der Waals surface area (Å²) in [6.45, 7) is 2.03. The number of carbonyl (C=O) groups is 1. The second kappa shape index (κ2) is 7.14. The Kier molecular flexibility index (Phi) is 5.24. The van der Waals surface area contributed by atoms with Crippen LogP contribution in [0, 0.1) is 0 Å². The molecule has 0 spiro atoms. The fraction of sp³-hybridized carbons (Fsp3) is 0.214. The van der Waals surface area contributed by atoms with Crippen molar-refractivity contribution in [1.82, 2.24) is 4.98 Å². The predicted molar refractivity (Wildman–Crippen MR) is 89.1 cm³/mol. The molecule has 2 heterocycles. The van der Waals surface area contributed by atoms with Crippen LogP contribution in [-0.4, -0.2) is 23.2 Å². The van der Waals surface area contributed by atoms with Gasteiger partial charge in [-0.25, -0.2) is 4.79 Å². The van der Waals surface area contributed by atoms with Gasteiger partial charge in [-0.2, -0.15) is 0 Å². The SMILES string of the molecule is CCc1cc(C(=O)OC)c(NC(=S)Nc2ccncc2)s1. The van der Waals surface area contributed by atoms with Crippen LogP contribution in [0.5, 0.6) is 0 Å². The van der Waals surface area contributed by atoms with Crippen molar-refractivity contribution < 1.29 is 9.53 Å². The minimum Gasteiger partial charge on any atom is -0.465 e. The first-order valence-corrected chi connectivity index (χ1v) is 7.55. The highest BCUT2D eigenvalue weighted by atomic mass is 32.1. The molecule has 0 aliphatic rings. The number of aromatic nitrogens is 1. The lowest BCUT2D eigenvalue weighted by Crippen LogP contribution is -2.19. The number of methoxy groups -OCH3 is 1. The summed E-state index contributed by atoms with van der Waals surface area (Å²) in [6.07, 6.45) is 4.19. The topological polar surface area (TPSA) is 63.2 Å². The molecule has 0 atom stereocenters. The molecule has 0 radical (unpaired) electrons. The van der Waals surface area contributed by atoms with Crippen LogP contribution in [0.4, 0.5) is 10.7 Å². The molecule has 110 valence electrons. The van der Waals surface area contributed by atoms with E-state index in [-0.39, 0.29) is 5.97 Å². The highest BCUT2D eigenvalue weighted by Crippen LogP contribution is 2.29. The van der Waals surface area contributed by atoms with Crippen LogP contribution in [0.15, 0.2) is 30.6 Å². The number of thiophene rings is 1. The molecule has 0 saturated heterocycles. The van der Waals surface area contributed by atoms with Gasteiger partial charge in [0.2, 0.25) is 0 Å². The fourth-order valence-corrected chi connectivity index (χ4v) is 2.94. The summed E-state index contributed by atoms with van der Waals surface area (Å²) in [5, 5.41) is 7.18. The fourth-order valence-electron chi connectivity index (χ4n) is 1.67. The standard InChI is InChI=1S/C14H15N3O2S2/c1-3-10-8-11(13(18)19-2)12(21-10)17-14(20)16-9-4-6-15-7-5-9/h4-8H,3H2,1-2H3,(H2,15,16,17,20). The Hall–Kier alpha value is -1.99. The predicted octanol–water partition coefficient (Wildman–Crippen LogP) is 3.30. The Labute approximate surface area is 132 Å². The lowest BCUT2D eigenvalue weighted by atomic mass is 10.2. The third-order valence-electron chi connectivity index (χ3n) is 2.70. The van der Waals surface area contributed by atoms with E-state index in [0.29, 0.717) is 15.7 Å². The van der Waals surface area contributed by atoms with Crippen molar-refractivity contribution in [3.63, 3.8) is 0 Å². The average molecular weight is 321 g/mol. The van der Waals surface area contributed by atoms with E-state index in [4.69, 9.17) is 17.0 Å². The smallest absolute Gasteiger partial charge is 0.340 e. The number of carbonyl (C=O) groups excluding carboxylic acids is 1. The van der Waals surface area contributed by atoms with E-state index >= 15 is 0 Å².